The molecule has 2 N–H and O–H groups in total. The zero-order chi connectivity index (χ0) is 16.3. The number of hydrogen-bond donors (Lipinski definition) is 2. The summed E-state index contributed by atoms with van der Waals surface area (Å²) in [6, 6.07) is 0. The van der Waals surface area contributed by atoms with Gasteiger partial charge in [-0.1, -0.05) is 0 Å². The third-order valence-corrected chi connectivity index (χ3v) is 3.75. The number of halogens is 1. The number of methoxy groups -OCH3 is 1. The molecule has 138 valence electrons. The highest BCUT2D eigenvalue weighted by molar-refractivity contribution is 14.0. The molecule has 1 aliphatic rings. The number of rotatable bonds is 9. The molecular weight excluding hydrogens is 411 g/mol. The molecule has 1 saturated heterocycles. The van der Waals surface area contributed by atoms with Crippen LogP contribution in [0.3, 0.4) is 0 Å². The Kier molecular flexibility index (Phi) is 13.1. The Morgan fingerprint density at radius 1 is 1.17 bits per heavy atom. The van der Waals surface area contributed by atoms with E-state index in [9.17, 15) is 0 Å². The second-order valence-corrected chi connectivity index (χ2v) is 5.87. The van der Waals surface area contributed by atoms with E-state index in [0.29, 0.717) is 19.8 Å². The zero-order valence-corrected chi connectivity index (χ0v) is 17.2. The van der Waals surface area contributed by atoms with Gasteiger partial charge in [-0.2, -0.15) is 0 Å². The normalized spacial score (nSPS) is 16.8. The molecule has 0 aliphatic carbocycles. The first-order valence-electron chi connectivity index (χ1n) is 7.94. The van der Waals surface area contributed by atoms with Crippen molar-refractivity contribution >= 4 is 29.9 Å². The van der Waals surface area contributed by atoms with Crippen molar-refractivity contribution in [2.75, 3.05) is 73.4 Å². The maximum Gasteiger partial charge on any atom is 0.191 e. The van der Waals surface area contributed by atoms with Gasteiger partial charge in [-0.05, 0) is 13.8 Å². The van der Waals surface area contributed by atoms with Gasteiger partial charge in [0.05, 0.1) is 33.0 Å². The summed E-state index contributed by atoms with van der Waals surface area (Å²) in [6.45, 7) is 11.5. The molecule has 1 aliphatic heterocycles. The van der Waals surface area contributed by atoms with Crippen LogP contribution in [0.5, 0.6) is 0 Å². The van der Waals surface area contributed by atoms with Crippen LogP contribution >= 0.6 is 24.0 Å². The Labute approximate surface area is 157 Å². The molecular formula is C15H33IN4O3. The predicted molar refractivity (Wildman–Crippen MR) is 104 cm³/mol. The summed E-state index contributed by atoms with van der Waals surface area (Å²) >= 11 is 0. The van der Waals surface area contributed by atoms with Crippen molar-refractivity contribution in [1.29, 1.82) is 0 Å². The van der Waals surface area contributed by atoms with Gasteiger partial charge in [0.15, 0.2) is 5.96 Å². The third-order valence-electron chi connectivity index (χ3n) is 3.75. The first kappa shape index (κ1) is 22.8. The maximum absolute atomic E-state index is 5.42. The average molecular weight is 444 g/mol. The van der Waals surface area contributed by atoms with Crippen LogP contribution in [-0.4, -0.2) is 89.8 Å². The van der Waals surface area contributed by atoms with Gasteiger partial charge in [-0.25, -0.2) is 0 Å². The second-order valence-electron chi connectivity index (χ2n) is 5.87. The lowest BCUT2D eigenvalue weighted by atomic mass is 10.0. The molecule has 1 heterocycles. The largest absolute Gasteiger partial charge is 0.382 e. The van der Waals surface area contributed by atoms with Gasteiger partial charge in [-0.3, -0.25) is 9.89 Å². The summed E-state index contributed by atoms with van der Waals surface area (Å²) in [7, 11) is 3.45. The predicted octanol–water partition coefficient (Wildman–Crippen LogP) is 0.543. The van der Waals surface area contributed by atoms with E-state index in [1.807, 2.05) is 0 Å². The second kappa shape index (κ2) is 13.2. The monoisotopic (exact) mass is 444 g/mol. The highest BCUT2D eigenvalue weighted by Gasteiger charge is 2.28. The molecule has 0 amide bonds. The standard InChI is InChI=1S/C15H32N4O3.HI/c1-15(2,19-6-9-22-10-7-19)13-18-14(16-3)17-5-8-21-12-11-20-4;/h5-13H2,1-4H3,(H2,16,17,18);1H. The summed E-state index contributed by atoms with van der Waals surface area (Å²) in [5, 5.41) is 6.64. The highest BCUT2D eigenvalue weighted by Crippen LogP contribution is 2.14. The number of ether oxygens (including phenoxy) is 3. The Morgan fingerprint density at radius 2 is 1.87 bits per heavy atom. The van der Waals surface area contributed by atoms with Gasteiger partial charge in [0.25, 0.3) is 0 Å². The van der Waals surface area contributed by atoms with E-state index in [1.54, 1.807) is 14.2 Å². The lowest BCUT2D eigenvalue weighted by Crippen LogP contribution is -2.56. The van der Waals surface area contributed by atoms with E-state index in [2.05, 4.69) is 34.4 Å². The van der Waals surface area contributed by atoms with Crippen LogP contribution < -0.4 is 10.6 Å². The summed E-state index contributed by atoms with van der Waals surface area (Å²) in [4.78, 5) is 6.69. The molecule has 0 aromatic rings. The maximum atomic E-state index is 5.42. The Morgan fingerprint density at radius 3 is 2.48 bits per heavy atom. The molecule has 0 radical (unpaired) electrons. The fraction of sp³-hybridized carbons (Fsp3) is 0.933. The van der Waals surface area contributed by atoms with Crippen LogP contribution in [0.25, 0.3) is 0 Å². The number of guanidine groups is 1. The van der Waals surface area contributed by atoms with Crippen molar-refractivity contribution in [2.24, 2.45) is 4.99 Å². The van der Waals surface area contributed by atoms with Crippen molar-refractivity contribution in [3.63, 3.8) is 0 Å². The molecule has 0 unspecified atom stereocenters. The van der Waals surface area contributed by atoms with Gasteiger partial charge in [0.1, 0.15) is 0 Å². The van der Waals surface area contributed by atoms with E-state index in [-0.39, 0.29) is 29.5 Å². The molecule has 1 rings (SSSR count). The molecule has 0 aromatic carbocycles. The third kappa shape index (κ3) is 9.65. The molecule has 0 saturated carbocycles. The van der Waals surface area contributed by atoms with Crippen molar-refractivity contribution < 1.29 is 14.2 Å². The molecule has 0 bridgehead atoms. The lowest BCUT2D eigenvalue weighted by molar-refractivity contribution is -0.00834. The number of morpholine rings is 1. The van der Waals surface area contributed by atoms with Gasteiger partial charge in [-0.15, -0.1) is 24.0 Å². The number of nitrogens with one attached hydrogen (secondary N) is 2. The summed E-state index contributed by atoms with van der Waals surface area (Å²) in [5.74, 6) is 0.802. The van der Waals surface area contributed by atoms with Gasteiger partial charge >= 0.3 is 0 Å². The number of hydrogen-bond acceptors (Lipinski definition) is 5. The first-order chi connectivity index (χ1) is 10.6. The number of aliphatic imine (C=N–C) groups is 1. The highest BCUT2D eigenvalue weighted by atomic mass is 127. The summed E-state index contributed by atoms with van der Waals surface area (Å²) < 4.78 is 15.8. The van der Waals surface area contributed by atoms with Crippen molar-refractivity contribution in [3.8, 4) is 0 Å². The summed E-state index contributed by atoms with van der Waals surface area (Å²) in [6.07, 6.45) is 0. The summed E-state index contributed by atoms with van der Waals surface area (Å²) in [5.41, 5.74) is 0.0658. The number of nitrogens with zero attached hydrogens (tertiary/aromatic N) is 2. The molecule has 0 atom stereocenters. The van der Waals surface area contributed by atoms with Gasteiger partial charge in [0.2, 0.25) is 0 Å². The fourth-order valence-electron chi connectivity index (χ4n) is 2.29. The zero-order valence-electron chi connectivity index (χ0n) is 14.9. The van der Waals surface area contributed by atoms with Crippen LogP contribution in [0.1, 0.15) is 13.8 Å². The van der Waals surface area contributed by atoms with Crippen molar-refractivity contribution in [1.82, 2.24) is 15.5 Å². The minimum Gasteiger partial charge on any atom is -0.382 e. The Balaban J connectivity index is 0.00000484. The smallest absolute Gasteiger partial charge is 0.191 e. The van der Waals surface area contributed by atoms with Gasteiger partial charge in [0, 0.05) is 45.9 Å². The van der Waals surface area contributed by atoms with Crippen molar-refractivity contribution in [2.45, 2.75) is 19.4 Å². The molecule has 1 fully saturated rings. The van der Waals surface area contributed by atoms with E-state index < -0.39 is 0 Å². The van der Waals surface area contributed by atoms with E-state index in [0.717, 1.165) is 45.4 Å². The fourth-order valence-corrected chi connectivity index (χ4v) is 2.29. The molecule has 7 nitrogen and oxygen atoms in total. The minimum atomic E-state index is 0. The quantitative estimate of drug-likeness (QED) is 0.234. The SMILES string of the molecule is CN=C(NCCOCCOC)NCC(C)(C)N1CCOCC1.I. The topological polar surface area (TPSA) is 67.4 Å². The lowest BCUT2D eigenvalue weighted by Gasteiger charge is -2.41. The van der Waals surface area contributed by atoms with E-state index >= 15 is 0 Å². The Hall–Kier alpha value is -0.160. The van der Waals surface area contributed by atoms with Crippen LogP contribution in [0.4, 0.5) is 0 Å². The Bertz CT molecular complexity index is 324. The molecule has 8 heteroatoms. The molecule has 0 spiro atoms. The average Bonchev–Trinajstić information content (AvgIpc) is 2.54. The van der Waals surface area contributed by atoms with Crippen molar-refractivity contribution in [3.05, 3.63) is 0 Å². The van der Waals surface area contributed by atoms with Crippen LogP contribution in [0.2, 0.25) is 0 Å². The first-order valence-corrected chi connectivity index (χ1v) is 7.94. The van der Waals surface area contributed by atoms with Gasteiger partial charge < -0.3 is 24.8 Å². The van der Waals surface area contributed by atoms with E-state index in [1.165, 1.54) is 0 Å². The van der Waals surface area contributed by atoms with Crippen LogP contribution in [-0.2, 0) is 14.2 Å². The minimum absolute atomic E-state index is 0. The molecule has 0 aromatic heterocycles. The van der Waals surface area contributed by atoms with E-state index in [4.69, 9.17) is 14.2 Å². The van der Waals surface area contributed by atoms with Crippen LogP contribution in [0, 0.1) is 0 Å². The molecule has 23 heavy (non-hydrogen) atoms. The van der Waals surface area contributed by atoms with Crippen LogP contribution in [0.15, 0.2) is 4.99 Å².